The number of allylic oxidation sites excluding steroid dienone is 1. The summed E-state index contributed by atoms with van der Waals surface area (Å²) in [5.41, 5.74) is 0. The Hall–Kier alpha value is -0.781. The van der Waals surface area contributed by atoms with Crippen molar-refractivity contribution in [1.29, 1.82) is 0 Å². The zero-order chi connectivity index (χ0) is 12.9. The van der Waals surface area contributed by atoms with Gasteiger partial charge in [-0.2, -0.15) is 0 Å². The molecule has 3 rings (SSSR count). The normalized spacial score (nSPS) is 15.5. The number of hydrogen-bond donors (Lipinski definition) is 0. The van der Waals surface area contributed by atoms with E-state index in [1.165, 1.54) is 21.8 Å². The Morgan fingerprint density at radius 2 is 1.42 bits per heavy atom. The van der Waals surface area contributed by atoms with Gasteiger partial charge in [0.2, 0.25) is 0 Å². The van der Waals surface area contributed by atoms with Crippen molar-refractivity contribution in [3.63, 3.8) is 0 Å². The van der Waals surface area contributed by atoms with E-state index in [-0.39, 0.29) is 0 Å². The monoisotopic (exact) mass is 380 g/mol. The van der Waals surface area contributed by atoms with Gasteiger partial charge in [0, 0.05) is 0 Å². The Labute approximate surface area is 127 Å². The maximum absolute atomic E-state index is 2.55. The third-order valence-corrected chi connectivity index (χ3v) is 8.20. The fourth-order valence-corrected chi connectivity index (χ4v) is 6.59. The van der Waals surface area contributed by atoms with Crippen LogP contribution in [0.3, 0.4) is 0 Å². The molecule has 0 nitrogen and oxygen atoms in total. The maximum atomic E-state index is 2.55. The van der Waals surface area contributed by atoms with Crippen LogP contribution in [0, 0.1) is 5.92 Å². The van der Waals surface area contributed by atoms with E-state index in [9.17, 15) is 0 Å². The van der Waals surface area contributed by atoms with Crippen LogP contribution in [0.1, 0.15) is 12.8 Å². The van der Waals surface area contributed by atoms with Crippen molar-refractivity contribution >= 4 is 38.8 Å². The van der Waals surface area contributed by atoms with Gasteiger partial charge in [0.1, 0.15) is 0 Å². The van der Waals surface area contributed by atoms with E-state index in [1.807, 2.05) is 0 Å². The second kappa shape index (κ2) is 6.59. The van der Waals surface area contributed by atoms with Crippen LogP contribution in [0.2, 0.25) is 0 Å². The van der Waals surface area contributed by atoms with Crippen LogP contribution < -0.4 is 8.92 Å². The van der Waals surface area contributed by atoms with E-state index in [0.717, 1.165) is 5.92 Å². The topological polar surface area (TPSA) is 0 Å². The van der Waals surface area contributed by atoms with Crippen molar-refractivity contribution in [3.8, 4) is 0 Å². The molecule has 1 fully saturated rings. The van der Waals surface area contributed by atoms with Crippen molar-refractivity contribution in [3.05, 3.63) is 70.1 Å². The molecule has 1 aliphatic rings. The van der Waals surface area contributed by atoms with Crippen LogP contribution in [0.4, 0.5) is 0 Å². The Morgan fingerprint density at radius 3 is 2.00 bits per heavy atom. The van der Waals surface area contributed by atoms with E-state index in [2.05, 4.69) is 65.6 Å². The van der Waals surface area contributed by atoms with E-state index < -0.39 is 0 Å². The summed E-state index contributed by atoms with van der Waals surface area (Å²) in [6.45, 7) is 0. The van der Waals surface area contributed by atoms with Gasteiger partial charge in [0.25, 0.3) is 0 Å². The van der Waals surface area contributed by atoms with E-state index in [0.29, 0.717) is 29.9 Å². The molecule has 2 heteroatoms. The molecule has 0 atom stereocenters. The van der Waals surface area contributed by atoms with Gasteiger partial charge in [0.05, 0.1) is 0 Å². The number of benzene rings is 2. The molecule has 0 amide bonds. The van der Waals surface area contributed by atoms with Crippen LogP contribution in [0.5, 0.6) is 0 Å². The minimum absolute atomic E-state index is 0.496. The van der Waals surface area contributed by atoms with Gasteiger partial charge in [-0.3, -0.25) is 0 Å². The van der Waals surface area contributed by atoms with E-state index in [4.69, 9.17) is 0 Å². The van der Waals surface area contributed by atoms with Gasteiger partial charge < -0.3 is 0 Å². The Kier molecular flexibility index (Phi) is 4.58. The molecule has 2 aromatic rings. The van der Waals surface area contributed by atoms with Crippen molar-refractivity contribution in [1.82, 2.24) is 0 Å². The number of hydrogen-bond acceptors (Lipinski definition) is 0. The first-order valence-electron chi connectivity index (χ1n) is 6.56. The molecule has 1 saturated carbocycles. The molecule has 0 unspecified atom stereocenters. The number of rotatable bonds is 5. The molecule has 0 N–H and O–H groups in total. The van der Waals surface area contributed by atoms with Gasteiger partial charge in [-0.05, 0) is 0 Å². The van der Waals surface area contributed by atoms with Gasteiger partial charge in [-0.1, -0.05) is 0 Å². The fourth-order valence-electron chi connectivity index (χ4n) is 1.82. The average Bonchev–Trinajstić information content (AvgIpc) is 3.30. The van der Waals surface area contributed by atoms with Gasteiger partial charge in [-0.15, -0.1) is 0 Å². The van der Waals surface area contributed by atoms with Crippen molar-refractivity contribution in [2.24, 2.45) is 5.92 Å². The summed E-state index contributed by atoms with van der Waals surface area (Å²) in [6.07, 6.45) is 2.82. The summed E-state index contributed by atoms with van der Waals surface area (Å²) in [6, 6.07) is 21.8. The molecule has 2 aromatic carbocycles. The molecule has 0 spiro atoms. The Bertz CT molecular complexity index is 542. The summed E-state index contributed by atoms with van der Waals surface area (Å²) >= 11 is 1.02. The zero-order valence-corrected chi connectivity index (χ0v) is 14.1. The Morgan fingerprint density at radius 1 is 0.842 bits per heavy atom. The van der Waals surface area contributed by atoms with Gasteiger partial charge in [0.15, 0.2) is 0 Å². The molecule has 96 valence electrons. The molecule has 0 radical (unpaired) electrons. The summed E-state index contributed by atoms with van der Waals surface area (Å²) in [7, 11) is 0. The van der Waals surface area contributed by atoms with Crippen LogP contribution in [0.15, 0.2) is 70.1 Å². The first kappa shape index (κ1) is 13.2. The van der Waals surface area contributed by atoms with Gasteiger partial charge in [-0.25, -0.2) is 0 Å². The quantitative estimate of drug-likeness (QED) is 0.701. The van der Waals surface area contributed by atoms with E-state index in [1.54, 1.807) is 4.47 Å². The van der Waals surface area contributed by atoms with Crippen molar-refractivity contribution in [2.45, 2.75) is 12.8 Å². The summed E-state index contributed by atoms with van der Waals surface area (Å²) in [4.78, 5) is 2.55. The molecule has 0 bridgehead atoms. The summed E-state index contributed by atoms with van der Waals surface area (Å²) in [5, 5.41) is 0. The van der Waals surface area contributed by atoms with Crippen LogP contribution in [0.25, 0.3) is 0 Å². The van der Waals surface area contributed by atoms with Crippen molar-refractivity contribution in [2.75, 3.05) is 0 Å². The SMILES string of the molecule is C(/[Se]c1ccccc1)=C(/[Se]c1ccccc1)C1CC1. The summed E-state index contributed by atoms with van der Waals surface area (Å²) < 4.78 is 4.72. The van der Waals surface area contributed by atoms with E-state index >= 15 is 0 Å². The van der Waals surface area contributed by atoms with Crippen LogP contribution in [-0.2, 0) is 0 Å². The molecule has 0 heterocycles. The zero-order valence-electron chi connectivity index (χ0n) is 10.7. The Balaban J connectivity index is 1.71. The van der Waals surface area contributed by atoms with Crippen molar-refractivity contribution < 1.29 is 0 Å². The first-order chi connectivity index (χ1) is 9.42. The van der Waals surface area contributed by atoms with Crippen LogP contribution in [-0.4, -0.2) is 29.9 Å². The molecular formula is C17H16Se2. The molecule has 0 aliphatic heterocycles. The third kappa shape index (κ3) is 4.09. The molecule has 0 saturated heterocycles. The summed E-state index contributed by atoms with van der Waals surface area (Å²) in [5.74, 6) is 0.894. The molecule has 19 heavy (non-hydrogen) atoms. The third-order valence-electron chi connectivity index (χ3n) is 3.01. The predicted molar refractivity (Wildman–Crippen MR) is 84.5 cm³/mol. The van der Waals surface area contributed by atoms with Gasteiger partial charge >= 0.3 is 128 Å². The molecular weight excluding hydrogens is 362 g/mol. The molecule has 1 aliphatic carbocycles. The second-order valence-electron chi connectivity index (χ2n) is 4.64. The fraction of sp³-hybridized carbons (Fsp3) is 0.176. The average molecular weight is 378 g/mol. The minimum atomic E-state index is 0.496. The molecule has 0 aromatic heterocycles. The second-order valence-corrected chi connectivity index (χ2v) is 9.02. The standard InChI is InChI=1S/C17H16Se2/c1-3-7-15(8-4-1)18-13-17(14-11-12-14)19-16-9-5-2-6-10-16/h1-10,13-14H,11-12H2/b17-13-. The van der Waals surface area contributed by atoms with Crippen LogP contribution >= 0.6 is 0 Å². The first-order valence-corrected chi connectivity index (χ1v) is 10.1. The predicted octanol–water partition coefficient (Wildman–Crippen LogP) is 2.30.